The van der Waals surface area contributed by atoms with Gasteiger partial charge in [-0.1, -0.05) is 19.1 Å². The van der Waals surface area contributed by atoms with Crippen LogP contribution in [0.2, 0.25) is 0 Å². The van der Waals surface area contributed by atoms with E-state index in [4.69, 9.17) is 0 Å². The number of fused-ring (bicyclic) bond motifs is 1. The van der Waals surface area contributed by atoms with E-state index in [1.807, 2.05) is 19.1 Å². The van der Waals surface area contributed by atoms with Gasteiger partial charge in [0, 0.05) is 11.9 Å². The Morgan fingerprint density at radius 3 is 2.54 bits per heavy atom. The summed E-state index contributed by atoms with van der Waals surface area (Å²) < 4.78 is 39.6. The summed E-state index contributed by atoms with van der Waals surface area (Å²) in [6.07, 6.45) is -1.20. The molecule has 0 radical (unpaired) electrons. The first-order valence-electron chi connectivity index (χ1n) is 8.62. The number of hydrogen-bond donors (Lipinski definition) is 1. The number of anilines is 1. The molecule has 0 saturated carbocycles. The minimum absolute atomic E-state index is 0.000250. The highest BCUT2D eigenvalue weighted by atomic mass is 32.1. The van der Waals surface area contributed by atoms with Crippen molar-refractivity contribution >= 4 is 23.1 Å². The Bertz CT molecular complexity index is 1050. The predicted molar refractivity (Wildman–Crippen MR) is 102 cm³/mol. The van der Waals surface area contributed by atoms with Gasteiger partial charge in [0.05, 0.1) is 0 Å². The molecule has 5 nitrogen and oxygen atoms in total. The summed E-state index contributed by atoms with van der Waals surface area (Å²) in [6.45, 7) is 3.78. The van der Waals surface area contributed by atoms with E-state index >= 15 is 0 Å². The number of rotatable bonds is 4. The van der Waals surface area contributed by atoms with Crippen molar-refractivity contribution in [2.75, 3.05) is 5.32 Å². The van der Waals surface area contributed by atoms with Crippen molar-refractivity contribution in [2.24, 2.45) is 0 Å². The number of ether oxygens (including phenoxy) is 2. The maximum Gasteiger partial charge on any atom is 0.586 e. The smallest absolute Gasteiger partial charge is 0.395 e. The van der Waals surface area contributed by atoms with E-state index in [1.54, 1.807) is 25.3 Å². The zero-order valence-corrected chi connectivity index (χ0v) is 15.9. The molecule has 0 saturated heterocycles. The molecule has 1 N–H and O–H groups in total. The number of benzene rings is 2. The molecule has 2 aromatic carbocycles. The molecular formula is C20H16F2N2O3S. The van der Waals surface area contributed by atoms with Gasteiger partial charge in [-0.15, -0.1) is 8.78 Å². The van der Waals surface area contributed by atoms with Crippen LogP contribution in [-0.4, -0.2) is 16.6 Å². The lowest BCUT2D eigenvalue weighted by atomic mass is 9.99. The molecule has 0 fully saturated rings. The molecule has 1 amide bonds. The van der Waals surface area contributed by atoms with E-state index in [-0.39, 0.29) is 17.4 Å². The number of carbonyl (C=O) groups excluding carboxylic acids is 1. The molecule has 8 heteroatoms. The Kier molecular flexibility index (Phi) is 4.50. The number of halogens is 2. The second kappa shape index (κ2) is 6.87. The number of alkyl halides is 2. The molecule has 2 heterocycles. The lowest BCUT2D eigenvalue weighted by Gasteiger charge is -2.09. The minimum Gasteiger partial charge on any atom is -0.395 e. The fraction of sp³-hybridized carbons (Fsp3) is 0.200. The summed E-state index contributed by atoms with van der Waals surface area (Å²) in [6, 6.07) is 10.2. The van der Waals surface area contributed by atoms with Crippen molar-refractivity contribution < 1.29 is 23.0 Å². The fourth-order valence-electron chi connectivity index (χ4n) is 3.03. The van der Waals surface area contributed by atoms with Crippen LogP contribution in [0.1, 0.15) is 27.7 Å². The van der Waals surface area contributed by atoms with Gasteiger partial charge in [0.25, 0.3) is 5.91 Å². The molecule has 1 aliphatic rings. The molecule has 1 aromatic heterocycles. The molecule has 3 aromatic rings. The number of aryl methyl sites for hydroxylation is 2. The van der Waals surface area contributed by atoms with Crippen molar-refractivity contribution in [1.29, 1.82) is 0 Å². The third-order valence-electron chi connectivity index (χ3n) is 4.43. The van der Waals surface area contributed by atoms with Crippen molar-refractivity contribution in [1.82, 2.24) is 4.37 Å². The molecule has 0 bridgehead atoms. The van der Waals surface area contributed by atoms with Gasteiger partial charge in [-0.3, -0.25) is 4.79 Å². The lowest BCUT2D eigenvalue weighted by molar-refractivity contribution is -0.286. The molecule has 0 atom stereocenters. The topological polar surface area (TPSA) is 60.5 Å². The van der Waals surface area contributed by atoms with E-state index in [9.17, 15) is 13.6 Å². The van der Waals surface area contributed by atoms with E-state index in [1.165, 1.54) is 23.7 Å². The zero-order valence-electron chi connectivity index (χ0n) is 15.1. The average molecular weight is 402 g/mol. The normalized spacial score (nSPS) is 14.1. The van der Waals surface area contributed by atoms with Crippen LogP contribution in [0.25, 0.3) is 11.1 Å². The molecule has 0 unspecified atom stereocenters. The number of nitrogens with zero attached hydrogens (tertiary/aromatic N) is 1. The second-order valence-electron chi connectivity index (χ2n) is 6.35. The SMILES string of the molecule is CCc1cnsc1C(=O)Nc1ccc(-c2cc3c(cc2C)OC(F)(F)O3)cc1. The van der Waals surface area contributed by atoms with Gasteiger partial charge in [-0.05, 0) is 71.4 Å². The molecule has 0 aliphatic carbocycles. The third kappa shape index (κ3) is 3.43. The first-order chi connectivity index (χ1) is 13.4. The van der Waals surface area contributed by atoms with E-state index in [0.717, 1.165) is 28.7 Å². The standard InChI is InChI=1S/C20H16F2N2O3S/c1-3-12-10-23-28-18(12)19(25)24-14-6-4-13(5-7-14)15-9-17-16(8-11(15)2)26-20(21,22)27-17/h4-10H,3H2,1-2H3,(H,24,25). The molecule has 144 valence electrons. The minimum atomic E-state index is -3.64. The van der Waals surface area contributed by atoms with Crippen LogP contribution in [0.5, 0.6) is 11.5 Å². The molecule has 0 spiro atoms. The van der Waals surface area contributed by atoms with Crippen molar-refractivity contribution in [3.63, 3.8) is 0 Å². The Morgan fingerprint density at radius 2 is 1.86 bits per heavy atom. The van der Waals surface area contributed by atoms with Crippen molar-refractivity contribution in [3.8, 4) is 22.6 Å². The van der Waals surface area contributed by atoms with Crippen LogP contribution < -0.4 is 14.8 Å². The summed E-state index contributed by atoms with van der Waals surface area (Å²) in [7, 11) is 0. The summed E-state index contributed by atoms with van der Waals surface area (Å²) in [5, 5.41) is 2.85. The maximum atomic E-state index is 13.3. The van der Waals surface area contributed by atoms with Gasteiger partial charge in [0.15, 0.2) is 11.5 Å². The number of amides is 1. The summed E-state index contributed by atoms with van der Waals surface area (Å²) in [5.41, 5.74) is 3.87. The Morgan fingerprint density at radius 1 is 1.18 bits per heavy atom. The van der Waals surface area contributed by atoms with Crippen LogP contribution in [0.4, 0.5) is 14.5 Å². The number of nitrogens with one attached hydrogen (secondary N) is 1. The Labute approximate surface area is 164 Å². The zero-order chi connectivity index (χ0) is 19.9. The summed E-state index contributed by atoms with van der Waals surface area (Å²) >= 11 is 1.17. The molecular weight excluding hydrogens is 386 g/mol. The Balaban J connectivity index is 1.55. The lowest BCUT2D eigenvalue weighted by Crippen LogP contribution is -2.25. The summed E-state index contributed by atoms with van der Waals surface area (Å²) in [4.78, 5) is 13.0. The first-order valence-corrected chi connectivity index (χ1v) is 9.39. The number of carbonyl (C=O) groups is 1. The van der Waals surface area contributed by atoms with Crippen molar-refractivity contribution in [3.05, 3.63) is 58.6 Å². The van der Waals surface area contributed by atoms with Gasteiger partial charge >= 0.3 is 6.29 Å². The fourth-order valence-corrected chi connectivity index (χ4v) is 3.76. The van der Waals surface area contributed by atoms with E-state index in [2.05, 4.69) is 19.2 Å². The monoisotopic (exact) mass is 402 g/mol. The van der Waals surface area contributed by atoms with Crippen LogP contribution in [0.15, 0.2) is 42.6 Å². The molecule has 4 rings (SSSR count). The quantitative estimate of drug-likeness (QED) is 0.647. The van der Waals surface area contributed by atoms with Crippen LogP contribution >= 0.6 is 11.5 Å². The summed E-state index contributed by atoms with van der Waals surface area (Å²) in [5.74, 6) is -0.180. The largest absolute Gasteiger partial charge is 0.586 e. The van der Waals surface area contributed by atoms with E-state index < -0.39 is 6.29 Å². The number of aromatic nitrogens is 1. The van der Waals surface area contributed by atoms with Gasteiger partial charge < -0.3 is 14.8 Å². The third-order valence-corrected chi connectivity index (χ3v) is 5.27. The second-order valence-corrected chi connectivity index (χ2v) is 7.15. The van der Waals surface area contributed by atoms with Gasteiger partial charge in [0.2, 0.25) is 0 Å². The predicted octanol–water partition coefficient (Wildman–Crippen LogP) is 5.25. The van der Waals surface area contributed by atoms with Crippen LogP contribution in [-0.2, 0) is 6.42 Å². The van der Waals surface area contributed by atoms with Crippen LogP contribution in [0, 0.1) is 6.92 Å². The van der Waals surface area contributed by atoms with Gasteiger partial charge in [0.1, 0.15) is 4.88 Å². The number of hydrogen-bond acceptors (Lipinski definition) is 5. The molecule has 1 aliphatic heterocycles. The highest BCUT2D eigenvalue weighted by Crippen LogP contribution is 2.44. The first kappa shape index (κ1) is 18.4. The Hall–Kier alpha value is -3.00. The van der Waals surface area contributed by atoms with Crippen molar-refractivity contribution in [2.45, 2.75) is 26.6 Å². The van der Waals surface area contributed by atoms with E-state index in [0.29, 0.717) is 10.6 Å². The maximum absolute atomic E-state index is 13.3. The van der Waals surface area contributed by atoms with Gasteiger partial charge in [-0.2, -0.15) is 0 Å². The molecule has 28 heavy (non-hydrogen) atoms. The highest BCUT2D eigenvalue weighted by molar-refractivity contribution is 7.08. The van der Waals surface area contributed by atoms with Crippen LogP contribution in [0.3, 0.4) is 0 Å². The van der Waals surface area contributed by atoms with Gasteiger partial charge in [-0.25, -0.2) is 4.37 Å². The average Bonchev–Trinajstić information content (AvgIpc) is 3.24. The highest BCUT2D eigenvalue weighted by Gasteiger charge is 2.43.